The molecular formula is C24H18FN7O2. The van der Waals surface area contributed by atoms with Crippen LogP contribution >= 0.6 is 0 Å². The lowest BCUT2D eigenvalue weighted by molar-refractivity contribution is 0.0629. The van der Waals surface area contributed by atoms with Crippen LogP contribution < -0.4 is 0 Å². The molecular weight excluding hydrogens is 437 g/mol. The number of H-pyrrole nitrogens is 1. The number of amides is 1. The van der Waals surface area contributed by atoms with Crippen molar-refractivity contribution >= 4 is 16.7 Å². The summed E-state index contributed by atoms with van der Waals surface area (Å²) in [7, 11) is 0. The Kier molecular flexibility index (Phi) is 4.65. The van der Waals surface area contributed by atoms with Gasteiger partial charge in [-0.25, -0.2) is 14.4 Å². The van der Waals surface area contributed by atoms with Crippen LogP contribution in [0.15, 0.2) is 65.6 Å². The van der Waals surface area contributed by atoms with E-state index in [1.807, 2.05) is 37.3 Å². The molecule has 5 heterocycles. The Balaban J connectivity index is 1.41. The third kappa shape index (κ3) is 3.31. The molecule has 1 aliphatic rings. The summed E-state index contributed by atoms with van der Waals surface area (Å²) in [6.07, 6.45) is 4.48. The molecule has 5 aromatic rings. The van der Waals surface area contributed by atoms with Gasteiger partial charge in [0.2, 0.25) is 0 Å². The third-order valence-corrected chi connectivity index (χ3v) is 5.98. The average molecular weight is 455 g/mol. The fourth-order valence-electron chi connectivity index (χ4n) is 4.36. The monoisotopic (exact) mass is 455 g/mol. The van der Waals surface area contributed by atoms with E-state index in [0.717, 1.165) is 28.4 Å². The number of hydrogen-bond donors (Lipinski definition) is 1. The van der Waals surface area contributed by atoms with Crippen LogP contribution in [0.5, 0.6) is 0 Å². The number of hydrogen-bond acceptors (Lipinski definition) is 7. The molecule has 0 radical (unpaired) electrons. The molecule has 1 N–H and O–H groups in total. The molecule has 168 valence electrons. The molecule has 0 saturated heterocycles. The molecule has 6 rings (SSSR count). The highest BCUT2D eigenvalue weighted by molar-refractivity contribution is 5.91. The minimum absolute atomic E-state index is 0.0133. The van der Waals surface area contributed by atoms with Gasteiger partial charge in [0, 0.05) is 29.7 Å². The second-order valence-electron chi connectivity index (χ2n) is 8.19. The SMILES string of the molecule is C[C@H]1CN(C(=O)c2nnc(-c3ccc(F)cn3)o2)[C@@H](c2cc3ccccc3cn2)c2nc[nH]c21. The van der Waals surface area contributed by atoms with Crippen molar-refractivity contribution in [2.24, 2.45) is 0 Å². The second-order valence-corrected chi connectivity index (χ2v) is 8.19. The number of benzene rings is 1. The fourth-order valence-corrected chi connectivity index (χ4v) is 4.36. The Bertz CT molecular complexity index is 1510. The van der Waals surface area contributed by atoms with Gasteiger partial charge in [0.25, 0.3) is 5.89 Å². The zero-order valence-electron chi connectivity index (χ0n) is 18.0. The smallest absolute Gasteiger partial charge is 0.312 e. The van der Waals surface area contributed by atoms with Crippen molar-refractivity contribution in [1.82, 2.24) is 35.0 Å². The highest BCUT2D eigenvalue weighted by Crippen LogP contribution is 2.38. The highest BCUT2D eigenvalue weighted by atomic mass is 19.1. The van der Waals surface area contributed by atoms with Gasteiger partial charge in [-0.05, 0) is 23.6 Å². The molecule has 9 nitrogen and oxygen atoms in total. The zero-order valence-corrected chi connectivity index (χ0v) is 18.0. The quantitative estimate of drug-likeness (QED) is 0.439. The summed E-state index contributed by atoms with van der Waals surface area (Å²) in [5.41, 5.74) is 2.66. The van der Waals surface area contributed by atoms with Gasteiger partial charge in [0.1, 0.15) is 17.6 Å². The van der Waals surface area contributed by atoms with Crippen LogP contribution in [0.4, 0.5) is 4.39 Å². The number of rotatable bonds is 3. The van der Waals surface area contributed by atoms with Crippen molar-refractivity contribution in [3.63, 3.8) is 0 Å². The van der Waals surface area contributed by atoms with Gasteiger partial charge in [0.05, 0.1) is 23.9 Å². The van der Waals surface area contributed by atoms with Crippen molar-refractivity contribution in [1.29, 1.82) is 0 Å². The average Bonchev–Trinajstić information content (AvgIpc) is 3.54. The summed E-state index contributed by atoms with van der Waals surface area (Å²) in [6.45, 7) is 2.42. The summed E-state index contributed by atoms with van der Waals surface area (Å²) in [6, 6.07) is 12.0. The molecule has 0 bridgehead atoms. The number of pyridine rings is 2. The van der Waals surface area contributed by atoms with Gasteiger partial charge in [-0.15, -0.1) is 10.2 Å². The first kappa shape index (κ1) is 20.2. The lowest BCUT2D eigenvalue weighted by atomic mass is 9.92. The Morgan fingerprint density at radius 3 is 2.76 bits per heavy atom. The number of aromatic nitrogens is 6. The molecule has 1 amide bonds. The molecule has 2 atom stereocenters. The van der Waals surface area contributed by atoms with Crippen LogP contribution in [0.3, 0.4) is 0 Å². The van der Waals surface area contributed by atoms with Crippen molar-refractivity contribution in [3.05, 3.63) is 90.0 Å². The van der Waals surface area contributed by atoms with E-state index in [2.05, 4.69) is 30.1 Å². The largest absolute Gasteiger partial charge is 0.411 e. The number of fused-ring (bicyclic) bond motifs is 2. The molecule has 0 spiro atoms. The summed E-state index contributed by atoms with van der Waals surface area (Å²) in [5.74, 6) is -1.06. The zero-order chi connectivity index (χ0) is 23.2. The molecule has 0 fully saturated rings. The van der Waals surface area contributed by atoms with Crippen LogP contribution in [0, 0.1) is 5.82 Å². The van der Waals surface area contributed by atoms with Crippen LogP contribution in [-0.4, -0.2) is 47.5 Å². The van der Waals surface area contributed by atoms with Gasteiger partial charge in [0.15, 0.2) is 0 Å². The second kappa shape index (κ2) is 7.84. The number of imidazole rings is 1. The summed E-state index contributed by atoms with van der Waals surface area (Å²) in [5, 5.41) is 9.90. The van der Waals surface area contributed by atoms with E-state index < -0.39 is 17.8 Å². The standard InChI is InChI=1S/C24H18FN7O2/c1-13-11-32(24(33)23-31-30-22(34-23)17-7-6-16(25)10-27-17)21(20-19(13)28-12-29-20)18-8-14-4-2-3-5-15(14)9-26-18/h2-10,12-13,21H,11H2,1H3,(H,28,29)/t13-,21-/m0/s1. The first-order valence-corrected chi connectivity index (χ1v) is 10.7. The van der Waals surface area contributed by atoms with E-state index in [4.69, 9.17) is 4.42 Å². The normalized spacial score (nSPS) is 17.6. The van der Waals surface area contributed by atoms with Crippen molar-refractivity contribution in [3.8, 4) is 11.6 Å². The van der Waals surface area contributed by atoms with E-state index in [1.54, 1.807) is 17.4 Å². The highest BCUT2D eigenvalue weighted by Gasteiger charge is 2.40. The molecule has 0 unspecified atom stereocenters. The van der Waals surface area contributed by atoms with Crippen LogP contribution in [0.2, 0.25) is 0 Å². The number of nitrogens with one attached hydrogen (secondary N) is 1. The Morgan fingerprint density at radius 1 is 1.09 bits per heavy atom. The first-order valence-electron chi connectivity index (χ1n) is 10.7. The predicted molar refractivity (Wildman–Crippen MR) is 119 cm³/mol. The Morgan fingerprint density at radius 2 is 1.94 bits per heavy atom. The number of aromatic amines is 1. The lowest BCUT2D eigenvalue weighted by Crippen LogP contribution is -2.42. The van der Waals surface area contributed by atoms with E-state index in [-0.39, 0.29) is 23.4 Å². The third-order valence-electron chi connectivity index (χ3n) is 5.98. The maximum absolute atomic E-state index is 13.6. The van der Waals surface area contributed by atoms with Crippen LogP contribution in [-0.2, 0) is 0 Å². The van der Waals surface area contributed by atoms with E-state index >= 15 is 0 Å². The number of carbonyl (C=O) groups excluding carboxylic acids is 1. The van der Waals surface area contributed by atoms with Gasteiger partial charge in [-0.3, -0.25) is 9.78 Å². The van der Waals surface area contributed by atoms with Crippen molar-refractivity contribution < 1.29 is 13.6 Å². The van der Waals surface area contributed by atoms with Crippen LogP contribution in [0.1, 0.15) is 46.7 Å². The Hall–Kier alpha value is -4.47. The molecule has 4 aromatic heterocycles. The molecule has 10 heteroatoms. The molecule has 0 aliphatic carbocycles. The van der Waals surface area contributed by atoms with Gasteiger partial charge in [-0.2, -0.15) is 0 Å². The predicted octanol–water partition coefficient (Wildman–Crippen LogP) is 3.89. The summed E-state index contributed by atoms with van der Waals surface area (Å²) < 4.78 is 18.8. The Labute approximate surface area is 192 Å². The maximum Gasteiger partial charge on any atom is 0.312 e. The minimum Gasteiger partial charge on any atom is -0.411 e. The minimum atomic E-state index is -0.533. The number of carbonyl (C=O) groups is 1. The van der Waals surface area contributed by atoms with E-state index in [9.17, 15) is 9.18 Å². The van der Waals surface area contributed by atoms with E-state index in [0.29, 0.717) is 12.2 Å². The number of nitrogens with zero attached hydrogens (tertiary/aromatic N) is 6. The fraction of sp³-hybridized carbons (Fsp3) is 0.167. The van der Waals surface area contributed by atoms with Gasteiger partial charge < -0.3 is 14.3 Å². The van der Waals surface area contributed by atoms with Crippen molar-refractivity contribution in [2.75, 3.05) is 6.54 Å². The maximum atomic E-state index is 13.6. The lowest BCUT2D eigenvalue weighted by Gasteiger charge is -2.36. The summed E-state index contributed by atoms with van der Waals surface area (Å²) >= 11 is 0. The van der Waals surface area contributed by atoms with Gasteiger partial charge in [-0.1, -0.05) is 31.2 Å². The topological polar surface area (TPSA) is 114 Å². The molecule has 34 heavy (non-hydrogen) atoms. The summed E-state index contributed by atoms with van der Waals surface area (Å²) in [4.78, 5) is 31.6. The van der Waals surface area contributed by atoms with Gasteiger partial charge >= 0.3 is 11.8 Å². The molecule has 1 aliphatic heterocycles. The number of halogens is 1. The molecule has 1 aromatic carbocycles. The van der Waals surface area contributed by atoms with E-state index in [1.165, 1.54) is 12.1 Å². The first-order chi connectivity index (χ1) is 16.6. The van der Waals surface area contributed by atoms with Crippen molar-refractivity contribution in [2.45, 2.75) is 18.9 Å². The molecule has 0 saturated carbocycles. The van der Waals surface area contributed by atoms with Crippen LogP contribution in [0.25, 0.3) is 22.4 Å².